The first-order chi connectivity index (χ1) is 16.1. The number of aryl methyl sites for hydroxylation is 1. The molecule has 0 radical (unpaired) electrons. The highest BCUT2D eigenvalue weighted by Gasteiger charge is 2.43. The topological polar surface area (TPSA) is 118 Å². The lowest BCUT2D eigenvalue weighted by Gasteiger charge is -2.36. The molecule has 1 saturated heterocycles. The molecule has 3 aromatic rings. The Balaban J connectivity index is 1.50. The predicted octanol–water partition coefficient (Wildman–Crippen LogP) is 1.96. The van der Waals surface area contributed by atoms with Crippen LogP contribution in [0.3, 0.4) is 0 Å². The zero-order chi connectivity index (χ0) is 24.6. The molecule has 1 aliphatic heterocycles. The summed E-state index contributed by atoms with van der Waals surface area (Å²) in [5.41, 5.74) is 3.91. The molecular formula is C25H26N2O6S. The van der Waals surface area contributed by atoms with Crippen LogP contribution in [0.1, 0.15) is 30.0 Å². The Kier molecular flexibility index (Phi) is 6.27. The van der Waals surface area contributed by atoms with Crippen molar-refractivity contribution in [1.29, 1.82) is 0 Å². The maximum atomic E-state index is 12.2. The molecular weight excluding hydrogens is 456 g/mol. The second-order valence-electron chi connectivity index (χ2n) is 8.83. The van der Waals surface area contributed by atoms with E-state index in [1.54, 1.807) is 0 Å². The van der Waals surface area contributed by atoms with Crippen LogP contribution < -0.4 is 5.48 Å². The maximum Gasteiger partial charge on any atom is 0.264 e. The van der Waals surface area contributed by atoms with E-state index in [2.05, 4.69) is 11.8 Å². The van der Waals surface area contributed by atoms with E-state index in [9.17, 15) is 18.3 Å². The highest BCUT2D eigenvalue weighted by Crippen LogP contribution is 2.29. The van der Waals surface area contributed by atoms with Crippen LogP contribution in [0, 0.1) is 11.8 Å². The van der Waals surface area contributed by atoms with Crippen molar-refractivity contribution in [3.8, 4) is 11.8 Å². The highest BCUT2D eigenvalue weighted by atomic mass is 32.2. The number of sulfone groups is 1. The lowest BCUT2D eigenvalue weighted by molar-refractivity contribution is -0.184. The number of benzene rings is 2. The molecule has 1 aromatic heterocycles. The minimum atomic E-state index is -3.76. The summed E-state index contributed by atoms with van der Waals surface area (Å²) in [6.07, 6.45) is 2.81. The molecule has 1 aliphatic rings. The molecule has 2 aromatic carbocycles. The number of rotatable bonds is 6. The molecule has 1 amide bonds. The molecule has 0 saturated carbocycles. The van der Waals surface area contributed by atoms with Crippen LogP contribution in [0.5, 0.6) is 0 Å². The van der Waals surface area contributed by atoms with Gasteiger partial charge in [-0.25, -0.2) is 13.9 Å². The molecule has 4 rings (SSSR count). The van der Waals surface area contributed by atoms with Crippen molar-refractivity contribution in [2.45, 2.75) is 30.2 Å². The third-order valence-electron chi connectivity index (χ3n) is 6.46. The smallest absolute Gasteiger partial charge is 0.264 e. The molecule has 0 aliphatic carbocycles. The summed E-state index contributed by atoms with van der Waals surface area (Å²) in [4.78, 5) is 12.0. The van der Waals surface area contributed by atoms with Gasteiger partial charge in [-0.3, -0.25) is 10.0 Å². The van der Waals surface area contributed by atoms with Crippen molar-refractivity contribution in [2.75, 3.05) is 19.5 Å². The molecule has 1 fully saturated rings. The van der Waals surface area contributed by atoms with E-state index in [0.29, 0.717) is 13.2 Å². The van der Waals surface area contributed by atoms with E-state index in [4.69, 9.17) is 9.94 Å². The summed E-state index contributed by atoms with van der Waals surface area (Å²) in [5.74, 6) is 5.31. The van der Waals surface area contributed by atoms with Gasteiger partial charge in [-0.1, -0.05) is 24.0 Å². The van der Waals surface area contributed by atoms with Gasteiger partial charge >= 0.3 is 0 Å². The predicted molar refractivity (Wildman–Crippen MR) is 127 cm³/mol. The quantitative estimate of drug-likeness (QED) is 0.281. The number of nitrogens with zero attached hydrogens (tertiary/aromatic N) is 1. The number of carbonyl (C=O) groups excluding carboxylic acids is 1. The minimum absolute atomic E-state index is 0.000803. The summed E-state index contributed by atoms with van der Waals surface area (Å²) >= 11 is 0. The number of nitrogens with one attached hydrogen (secondary N) is 1. The lowest BCUT2D eigenvalue weighted by Crippen LogP contribution is -2.49. The molecule has 1 unspecified atom stereocenters. The summed E-state index contributed by atoms with van der Waals surface area (Å²) in [5, 5.41) is 20.2. The Bertz CT molecular complexity index is 1390. The number of hydrogen-bond donors (Lipinski definition) is 3. The van der Waals surface area contributed by atoms with Crippen molar-refractivity contribution in [1.82, 2.24) is 10.0 Å². The van der Waals surface area contributed by atoms with Gasteiger partial charge in [0.15, 0.2) is 14.6 Å². The Morgan fingerprint density at radius 2 is 1.79 bits per heavy atom. The van der Waals surface area contributed by atoms with E-state index in [1.165, 1.54) is 12.4 Å². The van der Waals surface area contributed by atoms with Gasteiger partial charge in [0.05, 0.1) is 13.2 Å². The Hall–Kier alpha value is -3.16. The summed E-state index contributed by atoms with van der Waals surface area (Å²) in [7, 11) is -3.76. The average molecular weight is 483 g/mol. The van der Waals surface area contributed by atoms with Crippen molar-refractivity contribution in [3.63, 3.8) is 0 Å². The molecule has 8 nitrogen and oxygen atoms in total. The van der Waals surface area contributed by atoms with Crippen molar-refractivity contribution in [3.05, 3.63) is 71.4 Å². The van der Waals surface area contributed by atoms with Crippen LogP contribution in [-0.2, 0) is 31.5 Å². The van der Waals surface area contributed by atoms with Crippen LogP contribution in [0.25, 0.3) is 10.9 Å². The molecule has 178 valence electrons. The molecule has 34 heavy (non-hydrogen) atoms. The fourth-order valence-corrected chi connectivity index (χ4v) is 4.71. The van der Waals surface area contributed by atoms with Crippen molar-refractivity contribution in [2.24, 2.45) is 0 Å². The van der Waals surface area contributed by atoms with Gasteiger partial charge in [0.25, 0.3) is 5.91 Å². The number of aliphatic hydroxyl groups is 1. The van der Waals surface area contributed by atoms with E-state index in [-0.39, 0.29) is 13.0 Å². The van der Waals surface area contributed by atoms with Gasteiger partial charge in [-0.05, 0) is 55.3 Å². The van der Waals surface area contributed by atoms with Crippen molar-refractivity contribution < 1.29 is 28.3 Å². The first-order valence-electron chi connectivity index (χ1n) is 10.7. The number of amides is 1. The Morgan fingerprint density at radius 1 is 1.15 bits per heavy atom. The van der Waals surface area contributed by atoms with Gasteiger partial charge in [-0.15, -0.1) is 0 Å². The van der Waals surface area contributed by atoms with Crippen LogP contribution in [-0.4, -0.2) is 53.4 Å². The number of fused-ring (bicyclic) bond motifs is 1. The Morgan fingerprint density at radius 3 is 2.38 bits per heavy atom. The van der Waals surface area contributed by atoms with Gasteiger partial charge in [0, 0.05) is 41.0 Å². The summed E-state index contributed by atoms with van der Waals surface area (Å²) in [6, 6.07) is 15.1. The fourth-order valence-electron chi connectivity index (χ4n) is 3.86. The monoisotopic (exact) mass is 482 g/mol. The van der Waals surface area contributed by atoms with E-state index < -0.39 is 26.1 Å². The SMILES string of the molecule is CC(CCn1ccc2cc(C#Cc3ccc(C4(O)COC4)cc3)ccc21)(C(=O)NO)S(C)(=O)=O. The van der Waals surface area contributed by atoms with Gasteiger partial charge < -0.3 is 14.4 Å². The van der Waals surface area contributed by atoms with E-state index in [0.717, 1.165) is 33.8 Å². The van der Waals surface area contributed by atoms with Gasteiger partial charge in [0.1, 0.15) is 5.60 Å². The second-order valence-corrected chi connectivity index (χ2v) is 11.3. The second kappa shape index (κ2) is 8.89. The van der Waals surface area contributed by atoms with Crippen LogP contribution in [0.4, 0.5) is 0 Å². The fraction of sp³-hybridized carbons (Fsp3) is 0.320. The Labute approximate surface area is 198 Å². The standard InChI is InChI=1S/C25H26N2O6S/c1-24(23(28)26-30,34(2,31)32)12-14-27-13-11-20-15-19(7-10-22(20)27)4-3-18-5-8-21(9-6-18)25(29)16-33-17-25/h5-11,13,15,29-30H,12,14,16-17H2,1-2H3,(H,26,28). The largest absolute Gasteiger partial charge is 0.380 e. The third-order valence-corrected chi connectivity index (χ3v) is 8.48. The first kappa shape index (κ1) is 24.0. The maximum absolute atomic E-state index is 12.2. The number of carbonyl (C=O) groups is 1. The first-order valence-corrected chi connectivity index (χ1v) is 12.6. The van der Waals surface area contributed by atoms with Crippen LogP contribution in [0.2, 0.25) is 0 Å². The average Bonchev–Trinajstić information content (AvgIpc) is 3.21. The summed E-state index contributed by atoms with van der Waals surface area (Å²) in [6.45, 7) is 2.19. The number of ether oxygens (including phenoxy) is 1. The van der Waals surface area contributed by atoms with Crippen LogP contribution >= 0.6 is 0 Å². The number of hydrogen-bond acceptors (Lipinski definition) is 6. The van der Waals surface area contributed by atoms with Crippen LogP contribution in [0.15, 0.2) is 54.7 Å². The van der Waals surface area contributed by atoms with Gasteiger partial charge in [-0.2, -0.15) is 0 Å². The highest BCUT2D eigenvalue weighted by molar-refractivity contribution is 7.92. The molecule has 2 heterocycles. The number of hydroxylamine groups is 1. The zero-order valence-electron chi connectivity index (χ0n) is 18.9. The molecule has 9 heteroatoms. The van der Waals surface area contributed by atoms with Gasteiger partial charge in [0.2, 0.25) is 0 Å². The normalized spacial score (nSPS) is 16.7. The van der Waals surface area contributed by atoms with E-state index in [1.807, 2.05) is 59.3 Å². The molecule has 0 spiro atoms. The molecule has 0 bridgehead atoms. The molecule has 1 atom stereocenters. The minimum Gasteiger partial charge on any atom is -0.380 e. The third kappa shape index (κ3) is 4.45. The number of aromatic nitrogens is 1. The molecule has 3 N–H and O–H groups in total. The van der Waals surface area contributed by atoms with E-state index >= 15 is 0 Å². The summed E-state index contributed by atoms with van der Waals surface area (Å²) < 4.78 is 29.6. The lowest BCUT2D eigenvalue weighted by atomic mass is 9.91. The van der Waals surface area contributed by atoms with Crippen molar-refractivity contribution >= 4 is 26.6 Å². The zero-order valence-corrected chi connectivity index (χ0v) is 19.7.